The number of aliphatic hydroxyl groups excluding tert-OH is 1. The van der Waals surface area contributed by atoms with Crippen molar-refractivity contribution in [2.75, 3.05) is 6.61 Å². The van der Waals surface area contributed by atoms with Crippen molar-refractivity contribution in [3.05, 3.63) is 60.2 Å². The second-order valence-corrected chi connectivity index (χ2v) is 10.1. The molecule has 1 saturated carbocycles. The zero-order valence-electron chi connectivity index (χ0n) is 20.6. The number of hydrogen-bond acceptors (Lipinski definition) is 5. The van der Waals surface area contributed by atoms with Crippen molar-refractivity contribution >= 4 is 18.0 Å². The summed E-state index contributed by atoms with van der Waals surface area (Å²) in [5.74, 6) is -1.22. The molecule has 7 heteroatoms. The van der Waals surface area contributed by atoms with E-state index in [2.05, 4.69) is 24.1 Å². The minimum Gasteiger partial charge on any atom is -0.461 e. The first-order valence-electron chi connectivity index (χ1n) is 12.2. The predicted molar refractivity (Wildman–Crippen MR) is 131 cm³/mol. The van der Waals surface area contributed by atoms with E-state index in [0.717, 1.165) is 16.8 Å². The number of carbonyl (C=O) groups excluding carboxylic acids is 2. The van der Waals surface area contributed by atoms with Gasteiger partial charge in [0.1, 0.15) is 11.9 Å². The van der Waals surface area contributed by atoms with E-state index in [1.54, 1.807) is 19.2 Å². The van der Waals surface area contributed by atoms with E-state index in [4.69, 9.17) is 4.74 Å². The fourth-order valence-corrected chi connectivity index (χ4v) is 5.73. The van der Waals surface area contributed by atoms with Crippen LogP contribution in [0.4, 0.5) is 4.39 Å². The lowest BCUT2D eigenvalue weighted by Gasteiger charge is -2.46. The van der Waals surface area contributed by atoms with Gasteiger partial charge in [-0.2, -0.15) is 0 Å². The van der Waals surface area contributed by atoms with Crippen LogP contribution in [0, 0.1) is 34.9 Å². The van der Waals surface area contributed by atoms with Crippen LogP contribution in [0.3, 0.4) is 0 Å². The van der Waals surface area contributed by atoms with E-state index in [0.29, 0.717) is 6.42 Å². The Kier molecular flexibility index (Phi) is 7.08. The molecule has 1 aromatic carbocycles. The highest BCUT2D eigenvalue weighted by atomic mass is 19.1. The van der Waals surface area contributed by atoms with Crippen LogP contribution >= 0.6 is 0 Å². The fourth-order valence-electron chi connectivity index (χ4n) is 5.73. The number of pyridine rings is 1. The number of halogens is 1. The third kappa shape index (κ3) is 4.61. The lowest BCUT2D eigenvalue weighted by Crippen LogP contribution is -2.57. The number of hydrogen-bond donors (Lipinski definition) is 2. The summed E-state index contributed by atoms with van der Waals surface area (Å²) in [5, 5.41) is 12.2. The van der Waals surface area contributed by atoms with Gasteiger partial charge in [-0.15, -0.1) is 0 Å². The number of amides is 1. The van der Waals surface area contributed by atoms with Crippen LogP contribution in [0.5, 0.6) is 0 Å². The maximum absolute atomic E-state index is 13.6. The molecular formula is C28H33FN2O4. The average Bonchev–Trinajstić information content (AvgIpc) is 3.09. The lowest BCUT2D eigenvalue weighted by molar-refractivity contribution is -0.157. The number of nitrogens with zero attached hydrogens (tertiary/aromatic N) is 1. The van der Waals surface area contributed by atoms with Crippen molar-refractivity contribution in [2.24, 2.45) is 29.1 Å². The van der Waals surface area contributed by atoms with E-state index in [1.807, 2.05) is 37.3 Å². The first-order chi connectivity index (χ1) is 16.7. The molecule has 1 saturated heterocycles. The molecule has 0 bridgehead atoms. The molecule has 1 aromatic heterocycles. The number of benzene rings is 1. The van der Waals surface area contributed by atoms with Crippen molar-refractivity contribution in [2.45, 2.75) is 46.3 Å². The zero-order valence-corrected chi connectivity index (χ0v) is 20.6. The van der Waals surface area contributed by atoms with E-state index in [9.17, 15) is 19.1 Å². The Morgan fingerprint density at radius 1 is 1.29 bits per heavy atom. The topological polar surface area (TPSA) is 88.5 Å². The van der Waals surface area contributed by atoms with Crippen LogP contribution in [0.25, 0.3) is 17.2 Å². The van der Waals surface area contributed by atoms with Crippen LogP contribution in [-0.4, -0.2) is 40.7 Å². The van der Waals surface area contributed by atoms with Crippen LogP contribution in [-0.2, 0) is 14.3 Å². The third-order valence-corrected chi connectivity index (χ3v) is 7.79. The molecule has 1 amide bonds. The van der Waals surface area contributed by atoms with Gasteiger partial charge in [0, 0.05) is 23.7 Å². The quantitative estimate of drug-likeness (QED) is 0.477. The van der Waals surface area contributed by atoms with Crippen LogP contribution in [0.1, 0.15) is 39.8 Å². The van der Waals surface area contributed by atoms with Gasteiger partial charge in [-0.25, -0.2) is 4.39 Å². The van der Waals surface area contributed by atoms with E-state index < -0.39 is 23.5 Å². The summed E-state index contributed by atoms with van der Waals surface area (Å²) in [5.41, 5.74) is 1.03. The summed E-state index contributed by atoms with van der Waals surface area (Å²) in [6.45, 7) is 7.56. The van der Waals surface area contributed by atoms with E-state index in [1.165, 1.54) is 12.1 Å². The smallest absolute Gasteiger partial charge is 0.322 e. The van der Waals surface area contributed by atoms with E-state index >= 15 is 0 Å². The van der Waals surface area contributed by atoms with Gasteiger partial charge in [0.15, 0.2) is 5.41 Å². The number of ether oxygens (including phenoxy) is 1. The highest BCUT2D eigenvalue weighted by molar-refractivity contribution is 6.04. The number of aliphatic hydroxyl groups is 1. The molecule has 5 unspecified atom stereocenters. The average molecular weight is 481 g/mol. The number of allylic oxidation sites excluding steroid dienone is 1. The molecular weight excluding hydrogens is 447 g/mol. The Labute approximate surface area is 205 Å². The van der Waals surface area contributed by atoms with Gasteiger partial charge in [0.25, 0.3) is 0 Å². The molecule has 2 fully saturated rings. The molecule has 1 aliphatic heterocycles. The molecule has 6 nitrogen and oxygen atoms in total. The van der Waals surface area contributed by atoms with E-state index in [-0.39, 0.29) is 42.0 Å². The van der Waals surface area contributed by atoms with Gasteiger partial charge in [-0.05, 0) is 67.9 Å². The Morgan fingerprint density at radius 2 is 2.06 bits per heavy atom. The number of esters is 1. The monoisotopic (exact) mass is 480 g/mol. The first kappa shape index (κ1) is 25.0. The van der Waals surface area contributed by atoms with Crippen molar-refractivity contribution in [3.8, 4) is 11.1 Å². The van der Waals surface area contributed by atoms with Gasteiger partial charge < -0.3 is 15.2 Å². The minimum absolute atomic E-state index is 0.0833. The molecule has 7 atom stereocenters. The molecule has 4 rings (SSSR count). The lowest BCUT2D eigenvalue weighted by atomic mass is 9.54. The summed E-state index contributed by atoms with van der Waals surface area (Å²) in [7, 11) is 0. The normalized spacial score (nSPS) is 31.1. The summed E-state index contributed by atoms with van der Waals surface area (Å²) >= 11 is 0. The van der Waals surface area contributed by atoms with Crippen molar-refractivity contribution in [3.63, 3.8) is 0 Å². The standard InChI is InChI=1S/C28H33FN2O4/c1-16-13-28(26(33)31-17(2)15-32)25(19(4)35-27(28)34)24(18(16)3)11-10-23-9-8-21(14-30-23)20-6-5-7-22(29)12-20/h5-12,14,16-19,24-25,32H,13,15H2,1-4H3,(H,31,33)/b11-10+/t16?,17-,18?,19?,24?,25?,28+/m0/s1. The highest BCUT2D eigenvalue weighted by Gasteiger charge is 2.66. The third-order valence-electron chi connectivity index (χ3n) is 7.79. The maximum Gasteiger partial charge on any atom is 0.322 e. The molecule has 1 aliphatic carbocycles. The second-order valence-electron chi connectivity index (χ2n) is 10.1. The summed E-state index contributed by atoms with van der Waals surface area (Å²) in [6.07, 6.45) is 5.68. The Bertz CT molecular complexity index is 1120. The predicted octanol–water partition coefficient (Wildman–Crippen LogP) is 4.24. The fraction of sp³-hybridized carbons (Fsp3) is 0.464. The number of aromatic nitrogens is 1. The number of nitrogens with one attached hydrogen (secondary N) is 1. The summed E-state index contributed by atoms with van der Waals surface area (Å²) < 4.78 is 19.2. The molecule has 186 valence electrons. The van der Waals surface area contributed by atoms with Gasteiger partial charge in [0.2, 0.25) is 5.91 Å². The van der Waals surface area contributed by atoms with Crippen LogP contribution < -0.4 is 5.32 Å². The van der Waals surface area contributed by atoms with Crippen molar-refractivity contribution in [1.29, 1.82) is 0 Å². The highest BCUT2D eigenvalue weighted by Crippen LogP contribution is 2.56. The zero-order chi connectivity index (χ0) is 25.3. The maximum atomic E-state index is 13.6. The Hall–Kier alpha value is -3.06. The number of fused-ring (bicyclic) bond motifs is 1. The molecule has 2 aliphatic rings. The number of rotatable bonds is 6. The summed E-state index contributed by atoms with van der Waals surface area (Å²) in [6, 6.07) is 9.69. The van der Waals surface area contributed by atoms with Crippen molar-refractivity contribution in [1.82, 2.24) is 10.3 Å². The molecule has 2 aromatic rings. The Morgan fingerprint density at radius 3 is 2.71 bits per heavy atom. The van der Waals surface area contributed by atoms with Gasteiger partial charge in [-0.3, -0.25) is 14.6 Å². The van der Waals surface area contributed by atoms with Gasteiger partial charge in [-0.1, -0.05) is 38.1 Å². The largest absolute Gasteiger partial charge is 0.461 e. The summed E-state index contributed by atoms with van der Waals surface area (Å²) in [4.78, 5) is 31.0. The van der Waals surface area contributed by atoms with Gasteiger partial charge >= 0.3 is 5.97 Å². The number of carbonyl (C=O) groups is 2. The van der Waals surface area contributed by atoms with Crippen LogP contribution in [0.15, 0.2) is 48.7 Å². The molecule has 0 radical (unpaired) electrons. The van der Waals surface area contributed by atoms with Crippen molar-refractivity contribution < 1.29 is 23.8 Å². The first-order valence-corrected chi connectivity index (χ1v) is 12.2. The Balaban J connectivity index is 1.63. The SMILES string of the molecule is CC1C[C@@]2(C(=O)N[C@@H](C)CO)C(=O)OC(C)C2C(/C=C/c2ccc(-c3cccc(F)c3)cn2)C1C. The molecule has 0 spiro atoms. The number of cyclic esters (lactones) is 1. The van der Waals surface area contributed by atoms with Gasteiger partial charge in [0.05, 0.1) is 12.3 Å². The minimum atomic E-state index is -1.28. The second kappa shape index (κ2) is 9.90. The van der Waals surface area contributed by atoms with Crippen LogP contribution in [0.2, 0.25) is 0 Å². The molecule has 2 heterocycles. The molecule has 2 N–H and O–H groups in total. The molecule has 35 heavy (non-hydrogen) atoms.